The highest BCUT2D eigenvalue weighted by atomic mass is 16.7. The Morgan fingerprint density at radius 3 is 1.43 bits per heavy atom. The molecular formula is C59H102O15. The van der Waals surface area contributed by atoms with Gasteiger partial charge in [0, 0.05) is 12.8 Å². The van der Waals surface area contributed by atoms with Crippen molar-refractivity contribution in [3.63, 3.8) is 0 Å². The molecule has 0 spiro atoms. The minimum absolute atomic E-state index is 0.0997. The highest BCUT2D eigenvalue weighted by molar-refractivity contribution is 5.70. The van der Waals surface area contributed by atoms with Crippen LogP contribution in [0.25, 0.3) is 0 Å². The van der Waals surface area contributed by atoms with Gasteiger partial charge in [0.15, 0.2) is 18.7 Å². The number of aliphatic hydroxyl groups excluding tert-OH is 7. The molecule has 2 heterocycles. The predicted molar refractivity (Wildman–Crippen MR) is 289 cm³/mol. The van der Waals surface area contributed by atoms with Gasteiger partial charge in [0.1, 0.15) is 55.4 Å². The van der Waals surface area contributed by atoms with Gasteiger partial charge in [-0.15, -0.1) is 0 Å². The first kappa shape index (κ1) is 67.3. The maximum atomic E-state index is 13.0. The number of allylic oxidation sites excluding steroid dienone is 10. The molecule has 2 aliphatic heterocycles. The van der Waals surface area contributed by atoms with E-state index in [4.69, 9.17) is 28.4 Å². The lowest BCUT2D eigenvalue weighted by Gasteiger charge is -2.42. The number of ether oxygens (including phenoxy) is 6. The van der Waals surface area contributed by atoms with Gasteiger partial charge in [-0.25, -0.2) is 0 Å². The molecule has 4 unspecified atom stereocenters. The molecule has 11 atom stereocenters. The van der Waals surface area contributed by atoms with Crippen LogP contribution in [-0.2, 0) is 38.0 Å². The van der Waals surface area contributed by atoms with Crippen molar-refractivity contribution in [3.05, 3.63) is 60.8 Å². The highest BCUT2D eigenvalue weighted by Gasteiger charge is 2.47. The van der Waals surface area contributed by atoms with Gasteiger partial charge in [0.25, 0.3) is 0 Å². The van der Waals surface area contributed by atoms with Crippen molar-refractivity contribution >= 4 is 11.9 Å². The Kier molecular flexibility index (Phi) is 41.2. The Morgan fingerprint density at radius 2 is 0.878 bits per heavy atom. The predicted octanol–water partition coefficient (Wildman–Crippen LogP) is 9.61. The third-order valence-corrected chi connectivity index (χ3v) is 13.5. The second-order valence-electron chi connectivity index (χ2n) is 20.1. The Hall–Kier alpha value is -2.80. The molecule has 7 N–H and O–H groups in total. The van der Waals surface area contributed by atoms with Gasteiger partial charge in [-0.1, -0.05) is 177 Å². The van der Waals surface area contributed by atoms with E-state index in [0.717, 1.165) is 70.6 Å². The molecule has 0 saturated carbocycles. The summed E-state index contributed by atoms with van der Waals surface area (Å²) >= 11 is 0. The summed E-state index contributed by atoms with van der Waals surface area (Å²) in [6, 6.07) is 0. The Morgan fingerprint density at radius 1 is 0.446 bits per heavy atom. The Bertz CT molecular complexity index is 1520. The maximum Gasteiger partial charge on any atom is 0.306 e. The first-order valence-electron chi connectivity index (χ1n) is 28.9. The van der Waals surface area contributed by atoms with E-state index in [2.05, 4.69) is 74.6 Å². The first-order valence-corrected chi connectivity index (χ1v) is 28.9. The fourth-order valence-corrected chi connectivity index (χ4v) is 8.78. The molecule has 0 aromatic rings. The van der Waals surface area contributed by atoms with E-state index in [0.29, 0.717) is 19.3 Å². The van der Waals surface area contributed by atoms with Gasteiger partial charge in [-0.3, -0.25) is 9.59 Å². The summed E-state index contributed by atoms with van der Waals surface area (Å²) < 4.78 is 33.6. The Labute approximate surface area is 445 Å². The summed E-state index contributed by atoms with van der Waals surface area (Å²) in [4.78, 5) is 25.8. The monoisotopic (exact) mass is 1050 g/mol. The molecule has 2 fully saturated rings. The lowest BCUT2D eigenvalue weighted by molar-refractivity contribution is -0.332. The SMILES string of the molecule is CC/C=C/C/C=C/C/C=C/CCCCCCCC(=O)OC[C@H](CO[C@H]1O[C@@H](CO[C@H]2O[C@@H](CO)[C@@H](O)C(O)C2O)[C@@H](O)C(O)C1O)OC(=O)CCC/C=C/CC/C=C/CCCCCCCCCCCCCCCC. The van der Waals surface area contributed by atoms with Crippen molar-refractivity contribution in [1.82, 2.24) is 0 Å². The summed E-state index contributed by atoms with van der Waals surface area (Å²) in [5, 5.41) is 72.2. The van der Waals surface area contributed by atoms with E-state index >= 15 is 0 Å². The number of hydrogen-bond acceptors (Lipinski definition) is 15. The number of rotatable bonds is 45. The summed E-state index contributed by atoms with van der Waals surface area (Å²) in [5.41, 5.74) is 0. The van der Waals surface area contributed by atoms with Crippen LogP contribution in [0.4, 0.5) is 0 Å². The average molecular weight is 1050 g/mol. The van der Waals surface area contributed by atoms with Crippen LogP contribution in [0.5, 0.6) is 0 Å². The minimum Gasteiger partial charge on any atom is -0.462 e. The molecule has 74 heavy (non-hydrogen) atoms. The van der Waals surface area contributed by atoms with Crippen LogP contribution < -0.4 is 0 Å². The molecule has 0 bridgehead atoms. The Balaban J connectivity index is 1.77. The fraction of sp³-hybridized carbons (Fsp3) is 0.797. The van der Waals surface area contributed by atoms with Crippen molar-refractivity contribution < 1.29 is 73.8 Å². The normalized spacial score (nSPS) is 25.1. The van der Waals surface area contributed by atoms with E-state index in [-0.39, 0.29) is 19.4 Å². The van der Waals surface area contributed by atoms with Crippen LogP contribution in [0.2, 0.25) is 0 Å². The second-order valence-corrected chi connectivity index (χ2v) is 20.1. The second kappa shape index (κ2) is 45.2. The van der Waals surface area contributed by atoms with Crippen LogP contribution in [-0.4, -0.2) is 142 Å². The molecule has 0 aromatic heterocycles. The van der Waals surface area contributed by atoms with E-state index in [1.54, 1.807) is 0 Å². The van der Waals surface area contributed by atoms with Gasteiger partial charge in [-0.2, -0.15) is 0 Å². The van der Waals surface area contributed by atoms with Crippen molar-refractivity contribution in [3.8, 4) is 0 Å². The van der Waals surface area contributed by atoms with E-state index in [9.17, 15) is 45.3 Å². The van der Waals surface area contributed by atoms with Crippen LogP contribution in [0, 0.1) is 0 Å². The third-order valence-electron chi connectivity index (χ3n) is 13.5. The number of carbonyl (C=O) groups is 2. The van der Waals surface area contributed by atoms with Crippen LogP contribution in [0.1, 0.15) is 206 Å². The largest absolute Gasteiger partial charge is 0.462 e. The van der Waals surface area contributed by atoms with Gasteiger partial charge < -0.3 is 64.2 Å². The molecule has 2 aliphatic rings. The van der Waals surface area contributed by atoms with Crippen molar-refractivity contribution in [2.45, 2.75) is 274 Å². The van der Waals surface area contributed by atoms with Gasteiger partial charge in [0.2, 0.25) is 0 Å². The van der Waals surface area contributed by atoms with E-state index in [1.807, 2.05) is 0 Å². The van der Waals surface area contributed by atoms with Crippen LogP contribution in [0.15, 0.2) is 60.8 Å². The molecule has 0 aliphatic carbocycles. The third kappa shape index (κ3) is 32.1. The maximum absolute atomic E-state index is 13.0. The zero-order chi connectivity index (χ0) is 53.9. The lowest BCUT2D eigenvalue weighted by atomic mass is 9.98. The van der Waals surface area contributed by atoms with Gasteiger partial charge >= 0.3 is 11.9 Å². The summed E-state index contributed by atoms with van der Waals surface area (Å²) in [5.74, 6) is -0.994. The highest BCUT2D eigenvalue weighted by Crippen LogP contribution is 2.26. The quantitative estimate of drug-likeness (QED) is 0.0171. The molecule has 15 heteroatoms. The summed E-state index contributed by atoms with van der Waals surface area (Å²) in [7, 11) is 0. The number of unbranched alkanes of at least 4 members (excludes halogenated alkanes) is 21. The molecule has 2 saturated heterocycles. The molecular weight excluding hydrogens is 949 g/mol. The molecule has 0 radical (unpaired) electrons. The lowest BCUT2D eigenvalue weighted by Crippen LogP contribution is -2.61. The van der Waals surface area contributed by atoms with Crippen molar-refractivity contribution in [2.75, 3.05) is 26.4 Å². The summed E-state index contributed by atoms with van der Waals surface area (Å²) in [6.45, 7) is 2.44. The zero-order valence-electron chi connectivity index (χ0n) is 45.6. The number of carbonyl (C=O) groups excluding carboxylic acids is 2. The van der Waals surface area contributed by atoms with Gasteiger partial charge in [0.05, 0.1) is 19.8 Å². The number of hydrogen-bond donors (Lipinski definition) is 7. The molecule has 0 amide bonds. The van der Waals surface area contributed by atoms with Crippen LogP contribution >= 0.6 is 0 Å². The zero-order valence-corrected chi connectivity index (χ0v) is 45.6. The molecule has 2 rings (SSSR count). The number of esters is 2. The standard InChI is InChI=1S/C59H102O15/c1-3-5-7-9-11-13-15-17-19-20-21-22-23-24-25-26-28-30-32-34-36-38-40-42-51(62)72-47(44-69-50(61)41-39-37-35-33-31-29-27-18-16-14-12-10-8-6-4-2)45-70-58-57(68)55(66)53(64)49(74-58)46-71-59-56(67)54(65)52(63)48(43-60)73-59/h6,8,12,14,18,26-28,34,36,47-49,52-60,63-68H,3-5,7,9-11,13,15-17,19-25,29-33,35,37-46H2,1-2H3/b8-6+,14-12+,27-18+,28-26+,36-34+/t47-,48+,49+,52-,53-,54?,55?,56?,57?,58+,59+/m1/s1. The smallest absolute Gasteiger partial charge is 0.306 e. The van der Waals surface area contributed by atoms with Gasteiger partial charge in [-0.05, 0) is 77.0 Å². The van der Waals surface area contributed by atoms with E-state index < -0.39 is 99.3 Å². The summed E-state index contributed by atoms with van der Waals surface area (Å²) in [6.07, 6.45) is 36.9. The first-order chi connectivity index (χ1) is 36.0. The van der Waals surface area contributed by atoms with Crippen molar-refractivity contribution in [2.24, 2.45) is 0 Å². The number of aliphatic hydroxyl groups is 7. The topological polar surface area (TPSA) is 231 Å². The van der Waals surface area contributed by atoms with Crippen LogP contribution in [0.3, 0.4) is 0 Å². The van der Waals surface area contributed by atoms with Crippen molar-refractivity contribution in [1.29, 1.82) is 0 Å². The van der Waals surface area contributed by atoms with E-state index in [1.165, 1.54) is 89.9 Å². The molecule has 15 nitrogen and oxygen atoms in total. The average Bonchev–Trinajstić information content (AvgIpc) is 3.39. The minimum atomic E-state index is -1.78. The fourth-order valence-electron chi connectivity index (χ4n) is 8.78. The molecule has 428 valence electrons. The molecule has 0 aromatic carbocycles.